The fourth-order valence-electron chi connectivity index (χ4n) is 3.21. The van der Waals surface area contributed by atoms with Crippen molar-refractivity contribution in [1.82, 2.24) is 15.0 Å². The summed E-state index contributed by atoms with van der Waals surface area (Å²) in [6.45, 7) is 11.9. The van der Waals surface area contributed by atoms with Crippen LogP contribution in [0.15, 0.2) is 35.2 Å². The first-order valence-electron chi connectivity index (χ1n) is 9.83. The maximum absolute atomic E-state index is 12.3. The summed E-state index contributed by atoms with van der Waals surface area (Å²) in [5.74, 6) is -0.250. The molecule has 0 radical (unpaired) electrons. The van der Waals surface area contributed by atoms with Crippen LogP contribution >= 0.6 is 0 Å². The third kappa shape index (κ3) is 4.20. The second-order valence-electron chi connectivity index (χ2n) is 9.57. The molecule has 3 aromatic rings. The lowest BCUT2D eigenvalue weighted by molar-refractivity contribution is 0.319. The Morgan fingerprint density at radius 1 is 0.933 bits per heavy atom. The van der Waals surface area contributed by atoms with Crippen molar-refractivity contribution in [3.05, 3.63) is 41.5 Å². The van der Waals surface area contributed by atoms with E-state index in [9.17, 15) is 13.5 Å². The minimum atomic E-state index is -3.59. The second kappa shape index (κ2) is 7.35. The van der Waals surface area contributed by atoms with Crippen molar-refractivity contribution < 1.29 is 18.6 Å². The van der Waals surface area contributed by atoms with Crippen molar-refractivity contribution >= 4 is 20.9 Å². The molecule has 0 aliphatic heterocycles. The van der Waals surface area contributed by atoms with Crippen LogP contribution in [0.25, 0.3) is 16.7 Å². The lowest BCUT2D eigenvalue weighted by atomic mass is 9.80. The normalized spacial score (nSPS) is 13.2. The molecule has 2 aromatic carbocycles. The van der Waals surface area contributed by atoms with Gasteiger partial charge in [-0.15, -0.1) is 15.0 Å². The van der Waals surface area contributed by atoms with E-state index in [4.69, 9.17) is 5.11 Å². The van der Waals surface area contributed by atoms with Gasteiger partial charge in [0.25, 0.3) is 0 Å². The van der Waals surface area contributed by atoms with Gasteiger partial charge in [0.15, 0.2) is 9.84 Å². The van der Waals surface area contributed by atoms with Gasteiger partial charge in [0, 0.05) is 5.56 Å². The van der Waals surface area contributed by atoms with E-state index < -0.39 is 16.4 Å². The Hall–Kier alpha value is -2.45. The van der Waals surface area contributed by atoms with Crippen molar-refractivity contribution in [1.29, 1.82) is 0 Å². The fraction of sp³-hybridized carbons (Fsp3) is 0.455. The van der Waals surface area contributed by atoms with Crippen LogP contribution in [0.1, 0.15) is 52.7 Å². The number of aromatic nitrogens is 3. The standard InChI is InChI=1S/C22H29N3O4S/c1-21(2,3)14-11-16(22(4,5)6)20(27)19(12-14)25-23-17-8-7-15(13-18(17)24-25)30(28,29)10-9-26/h7-8,11-13,26-27H,9-10H2,1-6H3. The molecule has 0 aliphatic carbocycles. The maximum Gasteiger partial charge on any atom is 0.180 e. The van der Waals surface area contributed by atoms with Gasteiger partial charge >= 0.3 is 0 Å². The maximum atomic E-state index is 12.3. The Labute approximate surface area is 177 Å². The Balaban J connectivity index is 2.22. The first-order chi connectivity index (χ1) is 13.7. The smallest absolute Gasteiger partial charge is 0.180 e. The molecule has 7 nitrogen and oxygen atoms in total. The molecule has 2 N–H and O–H groups in total. The SMILES string of the molecule is CC(C)(C)c1cc(-n2nc3ccc(S(=O)(=O)CCO)cc3n2)c(O)c(C(C)(C)C)c1. The largest absolute Gasteiger partial charge is 0.505 e. The zero-order chi connectivity index (χ0) is 22.5. The third-order valence-electron chi connectivity index (χ3n) is 5.05. The van der Waals surface area contributed by atoms with Crippen LogP contribution in [0.5, 0.6) is 5.75 Å². The molecule has 0 spiro atoms. The Morgan fingerprint density at radius 3 is 2.13 bits per heavy atom. The minimum absolute atomic E-state index is 0.0825. The number of aromatic hydroxyl groups is 1. The lowest BCUT2D eigenvalue weighted by Crippen LogP contribution is -2.18. The summed E-state index contributed by atoms with van der Waals surface area (Å²) in [7, 11) is -3.59. The van der Waals surface area contributed by atoms with Crippen LogP contribution in [-0.4, -0.2) is 46.0 Å². The number of fused-ring (bicyclic) bond motifs is 1. The van der Waals surface area contributed by atoms with Crippen molar-refractivity contribution in [3.8, 4) is 11.4 Å². The lowest BCUT2D eigenvalue weighted by Gasteiger charge is -2.27. The number of phenols is 1. The average Bonchev–Trinajstić information content (AvgIpc) is 3.02. The molecule has 30 heavy (non-hydrogen) atoms. The summed E-state index contributed by atoms with van der Waals surface area (Å²) < 4.78 is 24.5. The first-order valence-corrected chi connectivity index (χ1v) is 11.5. The molecular formula is C22H29N3O4S. The van der Waals surface area contributed by atoms with E-state index in [1.54, 1.807) is 6.07 Å². The molecule has 0 fully saturated rings. The molecule has 0 saturated heterocycles. The second-order valence-corrected chi connectivity index (χ2v) is 11.7. The van der Waals surface area contributed by atoms with Gasteiger partial charge < -0.3 is 10.2 Å². The highest BCUT2D eigenvalue weighted by Gasteiger charge is 2.26. The summed E-state index contributed by atoms with van der Waals surface area (Å²) in [4.78, 5) is 1.44. The highest BCUT2D eigenvalue weighted by molar-refractivity contribution is 7.91. The minimum Gasteiger partial charge on any atom is -0.505 e. The zero-order valence-corrected chi connectivity index (χ0v) is 19.1. The van der Waals surface area contributed by atoms with Crippen LogP contribution in [-0.2, 0) is 20.7 Å². The Morgan fingerprint density at radius 2 is 1.57 bits per heavy atom. The van der Waals surface area contributed by atoms with Crippen molar-refractivity contribution in [3.63, 3.8) is 0 Å². The number of hydrogen-bond acceptors (Lipinski definition) is 6. The van der Waals surface area contributed by atoms with Gasteiger partial charge in [-0.25, -0.2) is 8.42 Å². The van der Waals surface area contributed by atoms with Crippen LogP contribution < -0.4 is 0 Å². The van der Waals surface area contributed by atoms with Crippen molar-refractivity contribution in [2.75, 3.05) is 12.4 Å². The van der Waals surface area contributed by atoms with Gasteiger partial charge in [0.05, 0.1) is 17.3 Å². The van der Waals surface area contributed by atoms with E-state index in [0.29, 0.717) is 16.7 Å². The molecule has 162 valence electrons. The molecule has 0 bridgehead atoms. The summed E-state index contributed by atoms with van der Waals surface area (Å²) >= 11 is 0. The predicted molar refractivity (Wildman–Crippen MR) is 117 cm³/mol. The predicted octanol–water partition coefficient (Wildman–Crippen LogP) is 3.49. The van der Waals surface area contributed by atoms with Crippen LogP contribution in [0, 0.1) is 0 Å². The van der Waals surface area contributed by atoms with Crippen LogP contribution in [0.3, 0.4) is 0 Å². The Kier molecular flexibility index (Phi) is 5.45. The van der Waals surface area contributed by atoms with Gasteiger partial charge in [-0.05, 0) is 40.7 Å². The summed E-state index contributed by atoms with van der Waals surface area (Å²) in [6.07, 6.45) is 0. The van der Waals surface area contributed by atoms with E-state index in [-0.39, 0.29) is 27.2 Å². The Bertz CT molecular complexity index is 1200. The first kappa shape index (κ1) is 22.2. The highest BCUT2D eigenvalue weighted by Crippen LogP contribution is 2.39. The molecular weight excluding hydrogens is 402 g/mol. The van der Waals surface area contributed by atoms with Crippen molar-refractivity contribution in [2.45, 2.75) is 57.3 Å². The average molecular weight is 432 g/mol. The summed E-state index contributed by atoms with van der Waals surface area (Å²) in [5, 5.41) is 28.9. The number of rotatable bonds is 4. The quantitative estimate of drug-likeness (QED) is 0.655. The number of hydrogen-bond donors (Lipinski definition) is 2. The van der Waals surface area contributed by atoms with E-state index in [0.717, 1.165) is 11.1 Å². The summed E-state index contributed by atoms with van der Waals surface area (Å²) in [5.41, 5.74) is 2.73. The van der Waals surface area contributed by atoms with E-state index >= 15 is 0 Å². The molecule has 0 aliphatic rings. The molecule has 0 atom stereocenters. The van der Waals surface area contributed by atoms with Crippen molar-refractivity contribution in [2.24, 2.45) is 0 Å². The molecule has 8 heteroatoms. The van der Waals surface area contributed by atoms with E-state index in [1.807, 2.05) is 32.9 Å². The number of aliphatic hydroxyl groups is 1. The molecule has 0 amide bonds. The number of nitrogens with zero attached hydrogens (tertiary/aromatic N) is 3. The van der Waals surface area contributed by atoms with Crippen LogP contribution in [0.2, 0.25) is 0 Å². The number of phenolic OH excluding ortho intramolecular Hbond substituents is 1. The van der Waals surface area contributed by atoms with Gasteiger partial charge in [-0.1, -0.05) is 47.6 Å². The zero-order valence-electron chi connectivity index (χ0n) is 18.3. The molecule has 0 unspecified atom stereocenters. The molecule has 3 rings (SSSR count). The number of sulfone groups is 1. The number of aliphatic hydroxyl groups excluding tert-OH is 1. The number of benzene rings is 2. The van der Waals surface area contributed by atoms with E-state index in [1.165, 1.54) is 16.9 Å². The highest BCUT2D eigenvalue weighted by atomic mass is 32.2. The molecule has 1 aromatic heterocycles. The van der Waals surface area contributed by atoms with Gasteiger partial charge in [-0.3, -0.25) is 0 Å². The van der Waals surface area contributed by atoms with Crippen LogP contribution in [0.4, 0.5) is 0 Å². The molecule has 1 heterocycles. The van der Waals surface area contributed by atoms with Gasteiger partial charge in [-0.2, -0.15) is 0 Å². The third-order valence-corrected chi connectivity index (χ3v) is 6.74. The molecule has 0 saturated carbocycles. The monoisotopic (exact) mass is 431 g/mol. The van der Waals surface area contributed by atoms with Gasteiger partial charge in [0.1, 0.15) is 22.5 Å². The summed E-state index contributed by atoms with van der Waals surface area (Å²) in [6, 6.07) is 8.37. The fourth-order valence-corrected chi connectivity index (χ4v) is 4.25. The topological polar surface area (TPSA) is 105 Å². The van der Waals surface area contributed by atoms with Gasteiger partial charge in [0.2, 0.25) is 0 Å². The van der Waals surface area contributed by atoms with E-state index in [2.05, 4.69) is 31.0 Å².